The summed E-state index contributed by atoms with van der Waals surface area (Å²) in [4.78, 5) is 2.42. The fourth-order valence-electron chi connectivity index (χ4n) is 2.04. The van der Waals surface area contributed by atoms with E-state index in [0.29, 0.717) is 6.04 Å². The number of nitrogens with zero attached hydrogens (tertiary/aromatic N) is 3. The van der Waals surface area contributed by atoms with Crippen LogP contribution < -0.4 is 5.32 Å². The fraction of sp³-hybridized carbons (Fsp3) is 0.800. The number of nitrogens with one attached hydrogen (secondary N) is 1. The van der Waals surface area contributed by atoms with Crippen molar-refractivity contribution in [3.05, 3.63) is 11.4 Å². The molecule has 2 rings (SSSR count). The van der Waals surface area contributed by atoms with Gasteiger partial charge in [-0.1, -0.05) is 17.2 Å². The number of aromatic nitrogens is 2. The third-order valence-electron chi connectivity index (χ3n) is 3.06. The second-order valence-corrected chi connectivity index (χ2v) is 4.01. The van der Waals surface area contributed by atoms with Crippen LogP contribution in [-0.4, -0.2) is 40.9 Å². The third kappa shape index (κ3) is 2.35. The van der Waals surface area contributed by atoms with Gasteiger partial charge in [0.05, 0.1) is 0 Å². The van der Waals surface area contributed by atoms with Crippen LogP contribution in [0.25, 0.3) is 0 Å². The molecular formula is C10H18N4O. The summed E-state index contributed by atoms with van der Waals surface area (Å²) in [6.45, 7) is 8.21. The van der Waals surface area contributed by atoms with Crippen molar-refractivity contribution < 1.29 is 4.63 Å². The molecule has 15 heavy (non-hydrogen) atoms. The highest BCUT2D eigenvalue weighted by molar-refractivity contribution is 5.04. The van der Waals surface area contributed by atoms with Crippen LogP contribution in [-0.2, 0) is 6.54 Å². The molecule has 1 aromatic rings. The number of hydrogen-bond acceptors (Lipinski definition) is 5. The Bertz CT molecular complexity index is 306. The van der Waals surface area contributed by atoms with E-state index in [1.807, 2.05) is 6.92 Å². The van der Waals surface area contributed by atoms with Crippen molar-refractivity contribution in [1.29, 1.82) is 0 Å². The highest BCUT2D eigenvalue weighted by Gasteiger charge is 2.22. The average molecular weight is 210 g/mol. The summed E-state index contributed by atoms with van der Waals surface area (Å²) < 4.78 is 4.71. The predicted molar refractivity (Wildman–Crippen MR) is 56.4 cm³/mol. The molecule has 5 nitrogen and oxygen atoms in total. The Morgan fingerprint density at radius 1 is 1.53 bits per heavy atom. The maximum absolute atomic E-state index is 4.71. The third-order valence-corrected chi connectivity index (χ3v) is 3.06. The van der Waals surface area contributed by atoms with Gasteiger partial charge in [0.15, 0.2) is 0 Å². The largest absolute Gasteiger partial charge is 0.315 e. The molecule has 1 aromatic heterocycles. The van der Waals surface area contributed by atoms with Gasteiger partial charge in [-0.25, -0.2) is 4.63 Å². The van der Waals surface area contributed by atoms with Gasteiger partial charge in [0.2, 0.25) is 0 Å². The molecule has 5 heteroatoms. The maximum atomic E-state index is 4.71. The Morgan fingerprint density at radius 2 is 2.40 bits per heavy atom. The van der Waals surface area contributed by atoms with Gasteiger partial charge in [-0.15, -0.1) is 0 Å². The lowest BCUT2D eigenvalue weighted by Gasteiger charge is -2.25. The molecule has 0 radical (unpaired) electrons. The zero-order valence-electron chi connectivity index (χ0n) is 9.36. The molecule has 0 aromatic carbocycles. The molecule has 0 bridgehead atoms. The molecule has 0 amide bonds. The number of hydrogen-bond donors (Lipinski definition) is 1. The Kier molecular flexibility index (Phi) is 3.33. The average Bonchev–Trinajstić information content (AvgIpc) is 2.86. The predicted octanol–water partition coefficient (Wildman–Crippen LogP) is 0.562. The molecule has 1 unspecified atom stereocenters. The highest BCUT2D eigenvalue weighted by Crippen LogP contribution is 2.13. The smallest absolute Gasteiger partial charge is 0.122 e. The van der Waals surface area contributed by atoms with Crippen LogP contribution in [0.2, 0.25) is 0 Å². The lowest BCUT2D eigenvalue weighted by atomic mass is 10.2. The molecular weight excluding hydrogens is 192 g/mol. The standard InChI is InChI=1S/C10H18N4O/c1-3-14(9-4-5-11-6-9)7-10-8(2)12-15-13-10/h9,11H,3-7H2,1-2H3. The van der Waals surface area contributed by atoms with Crippen molar-refractivity contribution in [3.63, 3.8) is 0 Å². The van der Waals surface area contributed by atoms with E-state index in [2.05, 4.69) is 27.5 Å². The normalized spacial score (nSPS) is 21.4. The Labute approximate surface area is 89.8 Å². The van der Waals surface area contributed by atoms with Crippen molar-refractivity contribution in [2.24, 2.45) is 0 Å². The fourth-order valence-corrected chi connectivity index (χ4v) is 2.04. The minimum atomic E-state index is 0.631. The number of likely N-dealkylation sites (N-methyl/N-ethyl adjacent to an activating group) is 1. The molecule has 0 aliphatic carbocycles. The molecule has 1 fully saturated rings. The van der Waals surface area contributed by atoms with Crippen molar-refractivity contribution in [3.8, 4) is 0 Å². The number of rotatable bonds is 4. The van der Waals surface area contributed by atoms with E-state index in [0.717, 1.165) is 37.6 Å². The van der Waals surface area contributed by atoms with E-state index in [1.165, 1.54) is 6.42 Å². The Morgan fingerprint density at radius 3 is 2.93 bits per heavy atom. The van der Waals surface area contributed by atoms with Gasteiger partial charge in [-0.3, -0.25) is 4.90 Å². The van der Waals surface area contributed by atoms with Crippen molar-refractivity contribution in [2.75, 3.05) is 19.6 Å². The van der Waals surface area contributed by atoms with Crippen LogP contribution in [0.5, 0.6) is 0 Å². The van der Waals surface area contributed by atoms with E-state index in [4.69, 9.17) is 4.63 Å². The highest BCUT2D eigenvalue weighted by atomic mass is 16.6. The van der Waals surface area contributed by atoms with Crippen molar-refractivity contribution in [1.82, 2.24) is 20.5 Å². The molecule has 84 valence electrons. The topological polar surface area (TPSA) is 54.2 Å². The van der Waals surface area contributed by atoms with Crippen LogP contribution in [0, 0.1) is 6.92 Å². The van der Waals surface area contributed by atoms with Crippen molar-refractivity contribution in [2.45, 2.75) is 32.9 Å². The first-order valence-electron chi connectivity index (χ1n) is 5.54. The van der Waals surface area contributed by atoms with Crippen LogP contribution >= 0.6 is 0 Å². The van der Waals surface area contributed by atoms with Gasteiger partial charge in [-0.05, 0) is 26.4 Å². The monoisotopic (exact) mass is 210 g/mol. The summed E-state index contributed by atoms with van der Waals surface area (Å²) in [5.41, 5.74) is 1.86. The van der Waals surface area contributed by atoms with Gasteiger partial charge in [0.1, 0.15) is 11.4 Å². The van der Waals surface area contributed by atoms with Gasteiger partial charge in [-0.2, -0.15) is 0 Å². The molecule has 0 spiro atoms. The molecule has 0 saturated carbocycles. The minimum Gasteiger partial charge on any atom is -0.315 e. The quantitative estimate of drug-likeness (QED) is 0.787. The van der Waals surface area contributed by atoms with E-state index < -0.39 is 0 Å². The van der Waals surface area contributed by atoms with Crippen LogP contribution in [0.3, 0.4) is 0 Å². The summed E-state index contributed by atoms with van der Waals surface area (Å²) in [6.07, 6.45) is 1.22. The second-order valence-electron chi connectivity index (χ2n) is 4.01. The minimum absolute atomic E-state index is 0.631. The Hall–Kier alpha value is -0.940. The zero-order valence-corrected chi connectivity index (χ0v) is 9.36. The van der Waals surface area contributed by atoms with Gasteiger partial charge in [0.25, 0.3) is 0 Å². The Balaban J connectivity index is 1.98. The van der Waals surface area contributed by atoms with Gasteiger partial charge in [0, 0.05) is 19.1 Å². The summed E-state index contributed by atoms with van der Waals surface area (Å²) >= 11 is 0. The summed E-state index contributed by atoms with van der Waals surface area (Å²) in [5, 5.41) is 11.1. The molecule has 1 aliphatic heterocycles. The van der Waals surface area contributed by atoms with E-state index >= 15 is 0 Å². The second kappa shape index (κ2) is 4.72. The molecule has 1 atom stereocenters. The van der Waals surface area contributed by atoms with Gasteiger partial charge >= 0.3 is 0 Å². The molecule has 1 N–H and O–H groups in total. The lowest BCUT2D eigenvalue weighted by molar-refractivity contribution is 0.202. The first kappa shape index (κ1) is 10.6. The van der Waals surface area contributed by atoms with Crippen LogP contribution in [0.4, 0.5) is 0 Å². The van der Waals surface area contributed by atoms with E-state index in [1.54, 1.807) is 0 Å². The molecule has 1 saturated heterocycles. The summed E-state index contributed by atoms with van der Waals surface area (Å²) in [6, 6.07) is 0.631. The van der Waals surface area contributed by atoms with Crippen LogP contribution in [0.1, 0.15) is 24.7 Å². The maximum Gasteiger partial charge on any atom is 0.122 e. The number of aryl methyl sites for hydroxylation is 1. The molecule has 2 heterocycles. The summed E-state index contributed by atoms with van der Waals surface area (Å²) in [7, 11) is 0. The molecule has 1 aliphatic rings. The van der Waals surface area contributed by atoms with Gasteiger partial charge < -0.3 is 5.32 Å². The zero-order chi connectivity index (χ0) is 10.7. The summed E-state index contributed by atoms with van der Waals surface area (Å²) in [5.74, 6) is 0. The first-order valence-corrected chi connectivity index (χ1v) is 5.54. The first-order chi connectivity index (χ1) is 7.31. The SMILES string of the molecule is CCN(Cc1nonc1C)C1CCNC1. The van der Waals surface area contributed by atoms with E-state index in [9.17, 15) is 0 Å². The van der Waals surface area contributed by atoms with Crippen LogP contribution in [0.15, 0.2) is 4.63 Å². The van der Waals surface area contributed by atoms with Crippen molar-refractivity contribution >= 4 is 0 Å². The lowest BCUT2D eigenvalue weighted by Crippen LogP contribution is -2.36. The van der Waals surface area contributed by atoms with E-state index in [-0.39, 0.29) is 0 Å².